The third-order valence-corrected chi connectivity index (χ3v) is 3.34. The molecule has 1 aromatic heterocycles. The summed E-state index contributed by atoms with van der Waals surface area (Å²) in [4.78, 5) is 12.9. The molecule has 2 rings (SSSR count). The summed E-state index contributed by atoms with van der Waals surface area (Å²) in [5.41, 5.74) is 0.383. The predicted octanol–water partition coefficient (Wildman–Crippen LogP) is 0.635. The molecular formula is C15H20F3N6O2+. The first-order valence-electron chi connectivity index (χ1n) is 7.99. The number of benzene rings is 1. The van der Waals surface area contributed by atoms with Crippen molar-refractivity contribution >= 4 is 11.6 Å². The Bertz CT molecular complexity index is 717. The second-order valence-corrected chi connectivity index (χ2v) is 5.75. The first kappa shape index (κ1) is 19.6. The highest BCUT2D eigenvalue weighted by molar-refractivity contribution is 5.91. The fourth-order valence-corrected chi connectivity index (χ4v) is 2.29. The van der Waals surface area contributed by atoms with Crippen molar-refractivity contribution in [2.45, 2.75) is 32.8 Å². The van der Waals surface area contributed by atoms with E-state index in [9.17, 15) is 18.0 Å². The zero-order valence-electron chi connectivity index (χ0n) is 14.4. The Hall–Kier alpha value is -2.69. The highest BCUT2D eigenvalue weighted by Gasteiger charge is 2.31. The second kappa shape index (κ2) is 8.61. The Labute approximate surface area is 147 Å². The van der Waals surface area contributed by atoms with Gasteiger partial charge in [0, 0.05) is 12.2 Å². The first-order valence-corrected chi connectivity index (χ1v) is 7.99. The van der Waals surface area contributed by atoms with Crippen LogP contribution in [0.25, 0.3) is 0 Å². The number of carbonyl (C=O) groups excluding carboxylic acids is 1. The molecule has 8 nitrogen and oxygen atoms in total. The van der Waals surface area contributed by atoms with Gasteiger partial charge in [0.25, 0.3) is 5.91 Å². The minimum absolute atomic E-state index is 0.153. The second-order valence-electron chi connectivity index (χ2n) is 5.75. The Morgan fingerprint density at radius 1 is 1.31 bits per heavy atom. The van der Waals surface area contributed by atoms with E-state index in [-0.39, 0.29) is 18.2 Å². The number of tetrazole rings is 1. The lowest BCUT2D eigenvalue weighted by Gasteiger charge is -2.14. The van der Waals surface area contributed by atoms with E-state index in [0.717, 1.165) is 23.5 Å². The van der Waals surface area contributed by atoms with Crippen LogP contribution in [0.3, 0.4) is 0 Å². The zero-order valence-corrected chi connectivity index (χ0v) is 14.4. The first-order chi connectivity index (χ1) is 12.3. The molecule has 0 aliphatic rings. The summed E-state index contributed by atoms with van der Waals surface area (Å²) in [6.45, 7) is 3.34. The van der Waals surface area contributed by atoms with Crippen LogP contribution in [-0.2, 0) is 17.9 Å². The van der Waals surface area contributed by atoms with Gasteiger partial charge in [0.05, 0.1) is 7.05 Å². The molecule has 0 bridgehead atoms. The number of nitrogens with one attached hydrogen (secondary N) is 2. The number of nitrogens with zero attached hydrogens (tertiary/aromatic N) is 4. The molecule has 0 aliphatic carbocycles. The van der Waals surface area contributed by atoms with Crippen LogP contribution in [0.2, 0.25) is 0 Å². The molecule has 11 heteroatoms. The van der Waals surface area contributed by atoms with E-state index in [1.54, 1.807) is 4.68 Å². The SMILES string of the molecule is CCCn1nnnc1C[NH+](C)CC(=O)Nc1ccc(OC(F)(F)F)cc1. The molecule has 0 aliphatic heterocycles. The monoisotopic (exact) mass is 373 g/mol. The normalized spacial score (nSPS) is 12.7. The molecule has 1 amide bonds. The number of anilines is 1. The number of rotatable bonds is 8. The number of carbonyl (C=O) groups is 1. The number of hydrogen-bond donors (Lipinski definition) is 2. The molecule has 1 unspecified atom stereocenters. The Kier molecular flexibility index (Phi) is 6.50. The number of likely N-dealkylation sites (N-methyl/N-ethyl adjacent to an activating group) is 1. The molecule has 2 N–H and O–H groups in total. The van der Waals surface area contributed by atoms with Gasteiger partial charge in [-0.05, 0) is 41.1 Å². The van der Waals surface area contributed by atoms with E-state index in [1.807, 2.05) is 14.0 Å². The summed E-state index contributed by atoms with van der Waals surface area (Å²) in [7, 11) is 1.82. The molecule has 1 heterocycles. The highest BCUT2D eigenvalue weighted by Crippen LogP contribution is 2.23. The van der Waals surface area contributed by atoms with Crippen molar-refractivity contribution in [1.29, 1.82) is 0 Å². The van der Waals surface area contributed by atoms with Crippen LogP contribution < -0.4 is 15.0 Å². The van der Waals surface area contributed by atoms with Gasteiger partial charge in [0.15, 0.2) is 6.54 Å². The Morgan fingerprint density at radius 2 is 2.00 bits per heavy atom. The van der Waals surface area contributed by atoms with Crippen molar-refractivity contribution in [1.82, 2.24) is 20.2 Å². The number of hydrogen-bond acceptors (Lipinski definition) is 5. The van der Waals surface area contributed by atoms with Gasteiger partial charge >= 0.3 is 6.36 Å². The van der Waals surface area contributed by atoms with Gasteiger partial charge < -0.3 is 15.0 Å². The summed E-state index contributed by atoms with van der Waals surface area (Å²) in [5.74, 6) is 0.0633. The minimum Gasteiger partial charge on any atom is -0.406 e. The van der Waals surface area contributed by atoms with E-state index in [0.29, 0.717) is 24.6 Å². The average molecular weight is 373 g/mol. The molecule has 0 saturated heterocycles. The lowest BCUT2D eigenvalue weighted by atomic mass is 10.3. The number of aryl methyl sites for hydroxylation is 1. The number of quaternary nitrogens is 1. The molecule has 0 spiro atoms. The average Bonchev–Trinajstić information content (AvgIpc) is 2.95. The molecule has 142 valence electrons. The maximum atomic E-state index is 12.1. The molecule has 0 fully saturated rings. The lowest BCUT2D eigenvalue weighted by Crippen LogP contribution is -3.08. The van der Waals surface area contributed by atoms with E-state index in [4.69, 9.17) is 0 Å². The summed E-state index contributed by atoms with van der Waals surface area (Å²) < 4.78 is 41.8. The number of halogens is 3. The summed E-state index contributed by atoms with van der Waals surface area (Å²) in [5, 5.41) is 14.1. The maximum absolute atomic E-state index is 12.1. The van der Waals surface area contributed by atoms with Crippen LogP contribution in [-0.4, -0.2) is 46.1 Å². The number of aromatic nitrogens is 4. The topological polar surface area (TPSA) is 86.4 Å². The van der Waals surface area contributed by atoms with Gasteiger partial charge in [-0.3, -0.25) is 4.79 Å². The van der Waals surface area contributed by atoms with E-state index >= 15 is 0 Å². The number of alkyl halides is 3. The molecule has 26 heavy (non-hydrogen) atoms. The van der Waals surface area contributed by atoms with Gasteiger partial charge in [-0.2, -0.15) is 0 Å². The van der Waals surface area contributed by atoms with Gasteiger partial charge in [0.1, 0.15) is 12.3 Å². The Morgan fingerprint density at radius 3 is 2.62 bits per heavy atom. The van der Waals surface area contributed by atoms with Gasteiger partial charge in [0.2, 0.25) is 5.82 Å². The van der Waals surface area contributed by atoms with E-state index in [2.05, 4.69) is 25.6 Å². The largest absolute Gasteiger partial charge is 0.573 e. The van der Waals surface area contributed by atoms with Crippen molar-refractivity contribution in [3.63, 3.8) is 0 Å². The molecule has 0 radical (unpaired) electrons. The predicted molar refractivity (Wildman–Crippen MR) is 85.3 cm³/mol. The molecular weight excluding hydrogens is 353 g/mol. The maximum Gasteiger partial charge on any atom is 0.573 e. The summed E-state index contributed by atoms with van der Waals surface area (Å²) in [6, 6.07) is 4.96. The van der Waals surface area contributed by atoms with Crippen LogP contribution in [0.1, 0.15) is 19.2 Å². The van der Waals surface area contributed by atoms with Crippen molar-refractivity contribution in [2.24, 2.45) is 0 Å². The van der Waals surface area contributed by atoms with Crippen LogP contribution >= 0.6 is 0 Å². The molecule has 0 saturated carbocycles. The standard InChI is InChI=1S/C15H19F3N6O2/c1-3-8-24-13(20-21-22-24)9-23(2)10-14(25)19-11-4-6-12(7-5-11)26-15(16,17)18/h4-7H,3,8-10H2,1-2H3,(H,19,25)/p+1. The van der Waals surface area contributed by atoms with Gasteiger partial charge in [-0.25, -0.2) is 4.68 Å². The van der Waals surface area contributed by atoms with Crippen LogP contribution in [0.4, 0.5) is 18.9 Å². The fourth-order valence-electron chi connectivity index (χ4n) is 2.29. The third kappa shape index (κ3) is 6.31. The molecule has 1 atom stereocenters. The minimum atomic E-state index is -4.75. The Balaban J connectivity index is 1.85. The highest BCUT2D eigenvalue weighted by atomic mass is 19.4. The summed E-state index contributed by atoms with van der Waals surface area (Å²) in [6.07, 6.45) is -3.85. The van der Waals surface area contributed by atoms with Crippen molar-refractivity contribution in [3.05, 3.63) is 30.1 Å². The van der Waals surface area contributed by atoms with Crippen molar-refractivity contribution in [3.8, 4) is 5.75 Å². The fraction of sp³-hybridized carbons (Fsp3) is 0.467. The third-order valence-electron chi connectivity index (χ3n) is 3.34. The quantitative estimate of drug-likeness (QED) is 0.709. The lowest BCUT2D eigenvalue weighted by molar-refractivity contribution is -0.886. The van der Waals surface area contributed by atoms with E-state index < -0.39 is 6.36 Å². The van der Waals surface area contributed by atoms with Crippen molar-refractivity contribution in [2.75, 3.05) is 18.9 Å². The van der Waals surface area contributed by atoms with Crippen LogP contribution in [0.5, 0.6) is 5.75 Å². The molecule has 1 aromatic carbocycles. The summed E-state index contributed by atoms with van der Waals surface area (Å²) >= 11 is 0. The van der Waals surface area contributed by atoms with E-state index in [1.165, 1.54) is 12.1 Å². The van der Waals surface area contributed by atoms with Gasteiger partial charge in [-0.1, -0.05) is 6.92 Å². The van der Waals surface area contributed by atoms with Crippen LogP contribution in [0.15, 0.2) is 24.3 Å². The number of amides is 1. The van der Waals surface area contributed by atoms with Crippen molar-refractivity contribution < 1.29 is 27.6 Å². The van der Waals surface area contributed by atoms with Crippen LogP contribution in [0, 0.1) is 0 Å². The zero-order chi connectivity index (χ0) is 19.2. The smallest absolute Gasteiger partial charge is 0.406 e. The molecule has 2 aromatic rings. The van der Waals surface area contributed by atoms with Gasteiger partial charge in [-0.15, -0.1) is 18.3 Å². The number of ether oxygens (including phenoxy) is 1.